The van der Waals surface area contributed by atoms with Gasteiger partial charge in [-0.2, -0.15) is 0 Å². The molecule has 2 atom stereocenters. The number of thiocarbonyl (C=S) groups is 1. The number of methoxy groups -OCH3 is 1. The minimum absolute atomic E-state index is 0.0660. The van der Waals surface area contributed by atoms with E-state index in [4.69, 9.17) is 21.7 Å². The fraction of sp³-hybridized carbons (Fsp3) is 0.320. The Balaban J connectivity index is 1.81. The summed E-state index contributed by atoms with van der Waals surface area (Å²) < 4.78 is 12.8. The number of ether oxygens (including phenoxy) is 2. The van der Waals surface area contributed by atoms with Gasteiger partial charge < -0.3 is 24.3 Å². The number of benzene rings is 1. The number of aryl methyl sites for hydroxylation is 1. The second kappa shape index (κ2) is 9.62. The van der Waals surface area contributed by atoms with Gasteiger partial charge in [0, 0.05) is 29.3 Å². The number of carbonyl (C=O) groups excluding carboxylic acids is 1. The van der Waals surface area contributed by atoms with Crippen LogP contribution in [0.1, 0.15) is 41.7 Å². The molecule has 1 fully saturated rings. The molecule has 0 spiro atoms. The van der Waals surface area contributed by atoms with Gasteiger partial charge in [0.1, 0.15) is 12.3 Å². The summed E-state index contributed by atoms with van der Waals surface area (Å²) in [6.45, 7) is 6.35. The van der Waals surface area contributed by atoms with Crippen LogP contribution in [0.2, 0.25) is 0 Å². The molecular weight excluding hydrogens is 436 g/mol. The van der Waals surface area contributed by atoms with E-state index in [1.807, 2.05) is 41.3 Å². The summed E-state index contributed by atoms with van der Waals surface area (Å²) in [5.41, 5.74) is 5.08. The molecule has 0 aliphatic carbocycles. The molecule has 7 nitrogen and oxygen atoms in total. The summed E-state index contributed by atoms with van der Waals surface area (Å²) in [5.74, 6) is 0.482. The second-order valence-electron chi connectivity index (χ2n) is 7.92. The lowest BCUT2D eigenvalue weighted by Gasteiger charge is -2.27. The van der Waals surface area contributed by atoms with Crippen LogP contribution < -0.4 is 10.1 Å². The van der Waals surface area contributed by atoms with Crippen LogP contribution in [0.25, 0.3) is 5.69 Å². The molecule has 1 saturated heterocycles. The van der Waals surface area contributed by atoms with Crippen molar-refractivity contribution in [3.63, 3.8) is 0 Å². The van der Waals surface area contributed by atoms with E-state index in [2.05, 4.69) is 40.8 Å². The Morgan fingerprint density at radius 1 is 1.18 bits per heavy atom. The number of carbonyl (C=O) groups is 1. The highest BCUT2D eigenvalue weighted by Crippen LogP contribution is 2.41. The highest BCUT2D eigenvalue weighted by Gasteiger charge is 2.42. The Bertz CT molecular complexity index is 1160. The van der Waals surface area contributed by atoms with Gasteiger partial charge in [0.05, 0.1) is 31.5 Å². The number of nitrogens with one attached hydrogen (secondary N) is 1. The molecule has 3 heterocycles. The van der Waals surface area contributed by atoms with Crippen molar-refractivity contribution >= 4 is 23.3 Å². The quantitative estimate of drug-likeness (QED) is 0.418. The van der Waals surface area contributed by atoms with Gasteiger partial charge in [0.25, 0.3) is 0 Å². The minimum Gasteiger partial charge on any atom is -0.497 e. The molecule has 1 N–H and O–H groups in total. The van der Waals surface area contributed by atoms with Gasteiger partial charge in [-0.15, -0.1) is 0 Å². The smallest absolute Gasteiger partial charge is 0.325 e. The molecule has 1 aliphatic rings. The monoisotopic (exact) mass is 464 g/mol. The van der Waals surface area contributed by atoms with Gasteiger partial charge in [-0.3, -0.25) is 9.78 Å². The Morgan fingerprint density at radius 3 is 2.70 bits per heavy atom. The lowest BCUT2D eigenvalue weighted by Crippen LogP contribution is -2.35. The first-order valence-electron chi connectivity index (χ1n) is 10.9. The first-order valence-corrected chi connectivity index (χ1v) is 11.3. The topological polar surface area (TPSA) is 68.6 Å². The third-order valence-corrected chi connectivity index (χ3v) is 6.26. The molecule has 33 heavy (non-hydrogen) atoms. The van der Waals surface area contributed by atoms with E-state index < -0.39 is 0 Å². The summed E-state index contributed by atoms with van der Waals surface area (Å²) in [4.78, 5) is 18.9. The van der Waals surface area contributed by atoms with Crippen LogP contribution in [-0.4, -0.2) is 45.8 Å². The molecular formula is C25H28N4O3S. The fourth-order valence-corrected chi connectivity index (χ4v) is 4.80. The van der Waals surface area contributed by atoms with Gasteiger partial charge in [-0.1, -0.05) is 12.1 Å². The van der Waals surface area contributed by atoms with Crippen LogP contribution in [0.4, 0.5) is 0 Å². The second-order valence-corrected chi connectivity index (χ2v) is 8.31. The zero-order chi connectivity index (χ0) is 23.5. The number of pyridine rings is 1. The van der Waals surface area contributed by atoms with Crippen molar-refractivity contribution in [2.24, 2.45) is 0 Å². The summed E-state index contributed by atoms with van der Waals surface area (Å²) in [6.07, 6.45) is 1.77. The van der Waals surface area contributed by atoms with E-state index in [0.29, 0.717) is 11.7 Å². The molecule has 0 radical (unpaired) electrons. The number of hydrogen-bond acceptors (Lipinski definition) is 5. The maximum Gasteiger partial charge on any atom is 0.325 e. The molecule has 0 bridgehead atoms. The van der Waals surface area contributed by atoms with Crippen LogP contribution in [0.5, 0.6) is 5.75 Å². The average molecular weight is 465 g/mol. The Hall–Kier alpha value is -3.39. The molecule has 0 saturated carbocycles. The van der Waals surface area contributed by atoms with Crippen LogP contribution in [0, 0.1) is 13.8 Å². The van der Waals surface area contributed by atoms with Gasteiger partial charge in [0.15, 0.2) is 5.11 Å². The molecule has 1 aromatic carbocycles. The maximum atomic E-state index is 12.4. The number of aromatic nitrogens is 2. The zero-order valence-electron chi connectivity index (χ0n) is 19.2. The van der Waals surface area contributed by atoms with Crippen LogP contribution >= 0.6 is 12.2 Å². The molecule has 3 aromatic rings. The highest BCUT2D eigenvalue weighted by atomic mass is 32.1. The molecule has 172 valence electrons. The lowest BCUT2D eigenvalue weighted by molar-refractivity contribution is -0.143. The maximum absolute atomic E-state index is 12.4. The molecule has 8 heteroatoms. The van der Waals surface area contributed by atoms with E-state index in [1.54, 1.807) is 20.2 Å². The van der Waals surface area contributed by atoms with E-state index in [-0.39, 0.29) is 24.6 Å². The van der Waals surface area contributed by atoms with E-state index in [9.17, 15) is 4.79 Å². The van der Waals surface area contributed by atoms with E-state index >= 15 is 0 Å². The van der Waals surface area contributed by atoms with Crippen molar-refractivity contribution in [3.8, 4) is 11.4 Å². The van der Waals surface area contributed by atoms with Crippen LogP contribution in [0.3, 0.4) is 0 Å². The van der Waals surface area contributed by atoms with Gasteiger partial charge in [0.2, 0.25) is 0 Å². The Morgan fingerprint density at radius 2 is 2.00 bits per heavy atom. The Labute approximate surface area is 199 Å². The normalized spacial score (nSPS) is 17.7. The predicted octanol–water partition coefficient (Wildman–Crippen LogP) is 4.03. The number of esters is 1. The van der Waals surface area contributed by atoms with Crippen LogP contribution in [0.15, 0.2) is 54.7 Å². The Kier molecular flexibility index (Phi) is 6.65. The lowest BCUT2D eigenvalue weighted by atomic mass is 9.97. The molecule has 2 aromatic heterocycles. The molecule has 0 unspecified atom stereocenters. The van der Waals surface area contributed by atoms with Crippen LogP contribution in [-0.2, 0) is 9.53 Å². The predicted molar refractivity (Wildman–Crippen MR) is 131 cm³/mol. The van der Waals surface area contributed by atoms with Crippen molar-refractivity contribution in [2.45, 2.75) is 32.9 Å². The van der Waals surface area contributed by atoms with Gasteiger partial charge in [-0.25, -0.2) is 0 Å². The average Bonchev–Trinajstić information content (AvgIpc) is 3.29. The standard InChI is InChI=1S/C25H28N4O3S/c1-5-32-22(30)15-28-24(23(27-25(28)33)21-11-6-7-12-26-21)20-13-16(2)29(17(20)3)18-9-8-10-19(14-18)31-4/h6-14,23-24H,5,15H2,1-4H3,(H,27,33)/t23-,24+/m1/s1. The van der Waals surface area contributed by atoms with Gasteiger partial charge in [-0.05, 0) is 68.9 Å². The summed E-state index contributed by atoms with van der Waals surface area (Å²) >= 11 is 5.66. The van der Waals surface area contributed by atoms with Crippen molar-refractivity contribution in [2.75, 3.05) is 20.3 Å². The molecule has 1 aliphatic heterocycles. The number of hydrogen-bond donors (Lipinski definition) is 1. The van der Waals surface area contributed by atoms with Crippen molar-refractivity contribution in [3.05, 3.63) is 77.4 Å². The third kappa shape index (κ3) is 4.43. The zero-order valence-corrected chi connectivity index (χ0v) is 20.1. The molecule has 0 amide bonds. The first kappa shape index (κ1) is 22.8. The largest absolute Gasteiger partial charge is 0.497 e. The van der Waals surface area contributed by atoms with Crippen molar-refractivity contribution in [1.29, 1.82) is 0 Å². The van der Waals surface area contributed by atoms with E-state index in [1.165, 1.54) is 0 Å². The third-order valence-electron chi connectivity index (χ3n) is 5.90. The fourth-order valence-electron chi connectivity index (χ4n) is 4.49. The van der Waals surface area contributed by atoms with Crippen molar-refractivity contribution < 1.29 is 14.3 Å². The van der Waals surface area contributed by atoms with Crippen molar-refractivity contribution in [1.82, 2.24) is 19.8 Å². The minimum atomic E-state index is -0.310. The summed E-state index contributed by atoms with van der Waals surface area (Å²) in [6, 6.07) is 15.5. The summed E-state index contributed by atoms with van der Waals surface area (Å²) in [7, 11) is 1.66. The highest BCUT2D eigenvalue weighted by molar-refractivity contribution is 7.80. The SMILES string of the molecule is CCOC(=O)CN1C(=S)N[C@H](c2ccccn2)[C@@H]1c1cc(C)n(-c2cccc(OC)c2)c1C. The van der Waals surface area contributed by atoms with Gasteiger partial charge >= 0.3 is 5.97 Å². The number of nitrogens with zero attached hydrogens (tertiary/aromatic N) is 3. The first-order chi connectivity index (χ1) is 15.9. The number of rotatable bonds is 7. The summed E-state index contributed by atoms with van der Waals surface area (Å²) in [5, 5.41) is 3.90. The van der Waals surface area contributed by atoms with E-state index in [0.717, 1.165) is 34.1 Å². The molecule has 4 rings (SSSR count).